The van der Waals surface area contributed by atoms with Crippen molar-refractivity contribution in [3.8, 4) is 0 Å². The minimum Gasteiger partial charge on any atom is -0.355 e. The van der Waals surface area contributed by atoms with Crippen molar-refractivity contribution in [1.82, 2.24) is 10.2 Å². The van der Waals surface area contributed by atoms with Crippen molar-refractivity contribution in [3.05, 3.63) is 47.5 Å². The first-order valence-electron chi connectivity index (χ1n) is 7.90. The number of anilines is 2. The molecule has 0 aliphatic carbocycles. The first kappa shape index (κ1) is 17.8. The lowest BCUT2D eigenvalue weighted by atomic mass is 10.2. The lowest BCUT2D eigenvalue weighted by molar-refractivity contribution is 0.102. The third kappa shape index (κ3) is 4.47. The molecule has 1 aromatic carbocycles. The molecule has 2 rings (SSSR count). The van der Waals surface area contributed by atoms with Crippen molar-refractivity contribution in [1.29, 1.82) is 0 Å². The third-order valence-corrected chi connectivity index (χ3v) is 3.38. The number of nitrogens with zero attached hydrogens (tertiary/aromatic N) is 3. The Kier molecular flexibility index (Phi) is 6.17. The molecule has 0 radical (unpaired) electrons. The van der Waals surface area contributed by atoms with Crippen molar-refractivity contribution >= 4 is 17.5 Å². The van der Waals surface area contributed by atoms with Crippen molar-refractivity contribution in [2.24, 2.45) is 0 Å². The fourth-order valence-corrected chi connectivity index (χ4v) is 2.27. The average Bonchev–Trinajstić information content (AvgIpc) is 2.58. The molecule has 0 atom stereocenters. The molecule has 24 heavy (non-hydrogen) atoms. The van der Waals surface area contributed by atoms with Crippen LogP contribution in [-0.2, 0) is 0 Å². The molecule has 0 aliphatic heterocycles. The third-order valence-electron chi connectivity index (χ3n) is 3.38. The monoisotopic (exact) mass is 334 g/mol. The number of nitrogens with one attached hydrogen (secondary N) is 1. The predicted octanol–water partition coefficient (Wildman–Crippen LogP) is 3.63. The summed E-state index contributed by atoms with van der Waals surface area (Å²) in [6.45, 7) is 5.94. The van der Waals surface area contributed by atoms with E-state index in [1.807, 2.05) is 0 Å². The highest BCUT2D eigenvalue weighted by Gasteiger charge is 2.12. The van der Waals surface area contributed by atoms with Gasteiger partial charge in [0.05, 0.1) is 0 Å². The number of benzene rings is 1. The number of amides is 1. The van der Waals surface area contributed by atoms with Crippen LogP contribution in [0.2, 0.25) is 0 Å². The summed E-state index contributed by atoms with van der Waals surface area (Å²) < 4.78 is 26.1. The fourth-order valence-electron chi connectivity index (χ4n) is 2.27. The summed E-state index contributed by atoms with van der Waals surface area (Å²) in [7, 11) is 0. The smallest absolute Gasteiger partial charge is 0.256 e. The Balaban J connectivity index is 2.07. The van der Waals surface area contributed by atoms with E-state index in [0.29, 0.717) is 0 Å². The Morgan fingerprint density at radius 2 is 1.75 bits per heavy atom. The van der Waals surface area contributed by atoms with Gasteiger partial charge in [0, 0.05) is 18.7 Å². The fraction of sp³-hybridized carbons (Fsp3) is 0.353. The zero-order valence-corrected chi connectivity index (χ0v) is 13.7. The van der Waals surface area contributed by atoms with Crippen LogP contribution in [-0.4, -0.2) is 29.2 Å². The summed E-state index contributed by atoms with van der Waals surface area (Å²) in [6.07, 6.45) is 1.99. The lowest BCUT2D eigenvalue weighted by Gasteiger charge is -2.21. The quantitative estimate of drug-likeness (QED) is 0.840. The molecule has 7 heteroatoms. The van der Waals surface area contributed by atoms with E-state index in [1.54, 1.807) is 12.1 Å². The van der Waals surface area contributed by atoms with Gasteiger partial charge >= 0.3 is 0 Å². The topological polar surface area (TPSA) is 58.1 Å². The molecule has 1 heterocycles. The number of aromatic nitrogens is 2. The number of hydrogen-bond acceptors (Lipinski definition) is 4. The van der Waals surface area contributed by atoms with Gasteiger partial charge in [-0.2, -0.15) is 0 Å². The summed E-state index contributed by atoms with van der Waals surface area (Å²) in [5.74, 6) is -1.65. The summed E-state index contributed by atoms with van der Waals surface area (Å²) >= 11 is 0. The summed E-state index contributed by atoms with van der Waals surface area (Å²) in [5.41, 5.74) is 0.0124. The van der Waals surface area contributed by atoms with Crippen LogP contribution in [0.3, 0.4) is 0 Å². The minimum absolute atomic E-state index is 0.0124. The van der Waals surface area contributed by atoms with Gasteiger partial charge in [-0.05, 0) is 43.2 Å². The van der Waals surface area contributed by atoms with E-state index >= 15 is 0 Å². The SMILES string of the molecule is CCCN(CCC)c1ccc(NC(=O)c2ccc(F)c(F)c2)nn1. The zero-order chi connectivity index (χ0) is 17.5. The standard InChI is InChI=1S/C17H20F2N4O/c1-3-9-23(10-4-2)16-8-7-15(21-22-16)20-17(24)12-5-6-13(18)14(19)11-12/h5-8,11H,3-4,9-10H2,1-2H3,(H,20,21,24). The van der Waals surface area contributed by atoms with Crippen LogP contribution in [0.25, 0.3) is 0 Å². The Hall–Kier alpha value is -2.57. The van der Waals surface area contributed by atoms with E-state index in [4.69, 9.17) is 0 Å². The lowest BCUT2D eigenvalue weighted by Crippen LogP contribution is -2.26. The van der Waals surface area contributed by atoms with Gasteiger partial charge in [0.15, 0.2) is 23.3 Å². The Morgan fingerprint density at radius 1 is 1.04 bits per heavy atom. The zero-order valence-electron chi connectivity index (χ0n) is 13.7. The van der Waals surface area contributed by atoms with Gasteiger partial charge in [-0.15, -0.1) is 10.2 Å². The molecule has 0 fully saturated rings. The van der Waals surface area contributed by atoms with Crippen LogP contribution < -0.4 is 10.2 Å². The molecule has 1 N–H and O–H groups in total. The number of hydrogen-bond donors (Lipinski definition) is 1. The molecular weight excluding hydrogens is 314 g/mol. The highest BCUT2D eigenvalue weighted by Crippen LogP contribution is 2.14. The molecule has 0 saturated carbocycles. The number of carbonyl (C=O) groups excluding carboxylic acids is 1. The molecule has 0 aliphatic rings. The van der Waals surface area contributed by atoms with E-state index in [0.717, 1.165) is 43.9 Å². The largest absolute Gasteiger partial charge is 0.355 e. The molecule has 0 spiro atoms. The molecule has 0 unspecified atom stereocenters. The van der Waals surface area contributed by atoms with E-state index in [-0.39, 0.29) is 11.4 Å². The number of carbonyl (C=O) groups is 1. The van der Waals surface area contributed by atoms with Crippen LogP contribution in [0.5, 0.6) is 0 Å². The van der Waals surface area contributed by atoms with E-state index in [1.165, 1.54) is 6.07 Å². The van der Waals surface area contributed by atoms with Gasteiger partial charge in [0.25, 0.3) is 5.91 Å². The van der Waals surface area contributed by atoms with E-state index in [9.17, 15) is 13.6 Å². The average molecular weight is 334 g/mol. The maximum Gasteiger partial charge on any atom is 0.256 e. The van der Waals surface area contributed by atoms with E-state index < -0.39 is 17.5 Å². The molecule has 0 bridgehead atoms. The maximum atomic E-state index is 13.2. The van der Waals surface area contributed by atoms with Gasteiger partial charge in [-0.25, -0.2) is 8.78 Å². The summed E-state index contributed by atoms with van der Waals surface area (Å²) in [5, 5.41) is 10.6. The van der Waals surface area contributed by atoms with E-state index in [2.05, 4.69) is 34.3 Å². The minimum atomic E-state index is -1.07. The number of halogens is 2. The van der Waals surface area contributed by atoms with Gasteiger partial charge in [0.2, 0.25) is 0 Å². The van der Waals surface area contributed by atoms with Crippen molar-refractivity contribution in [2.45, 2.75) is 26.7 Å². The summed E-state index contributed by atoms with van der Waals surface area (Å²) in [4.78, 5) is 14.1. The first-order chi connectivity index (χ1) is 11.5. The second-order valence-electron chi connectivity index (χ2n) is 5.35. The Labute approximate surface area is 139 Å². The van der Waals surface area contributed by atoms with Gasteiger partial charge in [-0.3, -0.25) is 4.79 Å². The summed E-state index contributed by atoms with van der Waals surface area (Å²) in [6, 6.07) is 6.38. The second kappa shape index (κ2) is 8.33. The van der Waals surface area contributed by atoms with Crippen LogP contribution in [0, 0.1) is 11.6 Å². The highest BCUT2D eigenvalue weighted by atomic mass is 19.2. The van der Waals surface area contributed by atoms with Gasteiger partial charge in [0.1, 0.15) is 0 Å². The van der Waals surface area contributed by atoms with Gasteiger partial charge in [-0.1, -0.05) is 13.8 Å². The maximum absolute atomic E-state index is 13.2. The molecule has 1 amide bonds. The normalized spacial score (nSPS) is 10.5. The van der Waals surface area contributed by atoms with Crippen LogP contribution in [0.1, 0.15) is 37.0 Å². The molecule has 2 aromatic rings. The highest BCUT2D eigenvalue weighted by molar-refractivity contribution is 6.03. The molecule has 128 valence electrons. The predicted molar refractivity (Wildman–Crippen MR) is 89.1 cm³/mol. The molecule has 5 nitrogen and oxygen atoms in total. The Morgan fingerprint density at radius 3 is 2.29 bits per heavy atom. The second-order valence-corrected chi connectivity index (χ2v) is 5.35. The van der Waals surface area contributed by atoms with Crippen LogP contribution in [0.4, 0.5) is 20.4 Å². The van der Waals surface area contributed by atoms with Crippen molar-refractivity contribution in [2.75, 3.05) is 23.3 Å². The first-order valence-corrected chi connectivity index (χ1v) is 7.90. The van der Waals surface area contributed by atoms with Crippen molar-refractivity contribution in [3.63, 3.8) is 0 Å². The van der Waals surface area contributed by atoms with Crippen molar-refractivity contribution < 1.29 is 13.6 Å². The molecule has 0 saturated heterocycles. The van der Waals surface area contributed by atoms with Crippen LogP contribution in [0.15, 0.2) is 30.3 Å². The number of rotatable bonds is 7. The van der Waals surface area contributed by atoms with Crippen LogP contribution >= 0.6 is 0 Å². The van der Waals surface area contributed by atoms with Gasteiger partial charge < -0.3 is 10.2 Å². The molecule has 1 aromatic heterocycles. The Bertz CT molecular complexity index is 685. The molecular formula is C17H20F2N4O.